The van der Waals surface area contributed by atoms with E-state index in [2.05, 4.69) is 58.1 Å². The SMILES string of the molecule is Cc1ccc(CNc2ccc(C(=O)Nc3cc(C)cc(C)c3)nn2)cc1. The number of hydrogen-bond acceptors (Lipinski definition) is 4. The Morgan fingerprint density at radius 2 is 1.54 bits per heavy atom. The average molecular weight is 346 g/mol. The van der Waals surface area contributed by atoms with E-state index in [0.29, 0.717) is 12.4 Å². The Morgan fingerprint density at radius 1 is 0.846 bits per heavy atom. The standard InChI is InChI=1S/C21H22N4O/c1-14-4-6-17(7-5-14)13-22-20-9-8-19(24-25-20)21(26)23-18-11-15(2)10-16(3)12-18/h4-12H,13H2,1-3H3,(H,22,25)(H,23,26). The van der Waals surface area contributed by atoms with Gasteiger partial charge in [0.2, 0.25) is 0 Å². The van der Waals surface area contributed by atoms with Gasteiger partial charge in [0.15, 0.2) is 5.69 Å². The lowest BCUT2D eigenvalue weighted by atomic mass is 10.1. The normalized spacial score (nSPS) is 10.4. The van der Waals surface area contributed by atoms with Gasteiger partial charge in [0.05, 0.1) is 0 Å². The van der Waals surface area contributed by atoms with Crippen LogP contribution < -0.4 is 10.6 Å². The van der Waals surface area contributed by atoms with Gasteiger partial charge in [-0.05, 0) is 61.7 Å². The monoisotopic (exact) mass is 346 g/mol. The van der Waals surface area contributed by atoms with Crippen molar-refractivity contribution in [1.82, 2.24) is 10.2 Å². The van der Waals surface area contributed by atoms with Gasteiger partial charge in [-0.3, -0.25) is 4.79 Å². The number of aromatic nitrogens is 2. The molecule has 0 bridgehead atoms. The first kappa shape index (κ1) is 17.6. The highest BCUT2D eigenvalue weighted by molar-refractivity contribution is 6.02. The van der Waals surface area contributed by atoms with Gasteiger partial charge in [0.1, 0.15) is 5.82 Å². The fraction of sp³-hybridized carbons (Fsp3) is 0.190. The highest BCUT2D eigenvalue weighted by Crippen LogP contribution is 2.15. The molecule has 0 aliphatic heterocycles. The van der Waals surface area contributed by atoms with Crippen molar-refractivity contribution in [3.8, 4) is 0 Å². The summed E-state index contributed by atoms with van der Waals surface area (Å²) in [4.78, 5) is 12.3. The molecule has 0 atom stereocenters. The summed E-state index contributed by atoms with van der Waals surface area (Å²) in [5.74, 6) is 0.362. The van der Waals surface area contributed by atoms with Crippen molar-refractivity contribution < 1.29 is 4.79 Å². The van der Waals surface area contributed by atoms with E-state index in [-0.39, 0.29) is 11.6 Å². The van der Waals surface area contributed by atoms with E-state index in [9.17, 15) is 4.79 Å². The lowest BCUT2D eigenvalue weighted by Crippen LogP contribution is -2.15. The molecular formula is C21H22N4O. The molecule has 5 heteroatoms. The maximum atomic E-state index is 12.3. The van der Waals surface area contributed by atoms with Crippen LogP contribution in [0.2, 0.25) is 0 Å². The fourth-order valence-electron chi connectivity index (χ4n) is 2.69. The van der Waals surface area contributed by atoms with Gasteiger partial charge < -0.3 is 10.6 Å². The van der Waals surface area contributed by atoms with Crippen molar-refractivity contribution in [3.05, 3.63) is 82.5 Å². The highest BCUT2D eigenvalue weighted by Gasteiger charge is 2.09. The molecule has 0 aliphatic carbocycles. The minimum atomic E-state index is -0.271. The van der Waals surface area contributed by atoms with Crippen molar-refractivity contribution in [1.29, 1.82) is 0 Å². The zero-order valence-corrected chi connectivity index (χ0v) is 15.2. The molecule has 5 nitrogen and oxygen atoms in total. The number of nitrogens with one attached hydrogen (secondary N) is 2. The molecule has 3 aromatic rings. The van der Waals surface area contributed by atoms with E-state index in [1.165, 1.54) is 5.56 Å². The molecule has 0 saturated heterocycles. The molecule has 3 rings (SSSR count). The summed E-state index contributed by atoms with van der Waals surface area (Å²) in [6.07, 6.45) is 0. The second kappa shape index (κ2) is 7.78. The van der Waals surface area contributed by atoms with Crippen LogP contribution in [0.1, 0.15) is 32.7 Å². The maximum absolute atomic E-state index is 12.3. The molecular weight excluding hydrogens is 324 g/mol. The van der Waals surface area contributed by atoms with Crippen LogP contribution in [0.4, 0.5) is 11.5 Å². The molecule has 2 N–H and O–H groups in total. The number of aryl methyl sites for hydroxylation is 3. The molecule has 0 radical (unpaired) electrons. The first-order valence-corrected chi connectivity index (χ1v) is 8.52. The van der Waals surface area contributed by atoms with Crippen LogP contribution in [0, 0.1) is 20.8 Å². The van der Waals surface area contributed by atoms with Gasteiger partial charge in [-0.2, -0.15) is 0 Å². The molecule has 1 aromatic heterocycles. The number of anilines is 2. The lowest BCUT2D eigenvalue weighted by molar-refractivity contribution is 0.102. The molecule has 0 unspecified atom stereocenters. The summed E-state index contributed by atoms with van der Waals surface area (Å²) >= 11 is 0. The van der Waals surface area contributed by atoms with Gasteiger partial charge in [-0.1, -0.05) is 35.9 Å². The predicted molar refractivity (Wildman–Crippen MR) is 104 cm³/mol. The third kappa shape index (κ3) is 4.66. The summed E-state index contributed by atoms with van der Waals surface area (Å²) in [5.41, 5.74) is 5.63. The predicted octanol–water partition coefficient (Wildman–Crippen LogP) is 4.27. The van der Waals surface area contributed by atoms with Crippen LogP contribution in [-0.2, 0) is 6.54 Å². The van der Waals surface area contributed by atoms with Crippen LogP contribution in [0.25, 0.3) is 0 Å². The van der Waals surface area contributed by atoms with Gasteiger partial charge >= 0.3 is 0 Å². The first-order chi connectivity index (χ1) is 12.5. The Kier molecular flexibility index (Phi) is 5.27. The third-order valence-corrected chi connectivity index (χ3v) is 3.97. The highest BCUT2D eigenvalue weighted by atomic mass is 16.1. The summed E-state index contributed by atoms with van der Waals surface area (Å²) in [5, 5.41) is 14.2. The van der Waals surface area contributed by atoms with Gasteiger partial charge in [-0.15, -0.1) is 10.2 Å². The Balaban J connectivity index is 1.61. The average Bonchev–Trinajstić information content (AvgIpc) is 2.61. The molecule has 1 amide bonds. The fourth-order valence-corrected chi connectivity index (χ4v) is 2.69. The Morgan fingerprint density at radius 3 is 2.15 bits per heavy atom. The summed E-state index contributed by atoms with van der Waals surface area (Å²) < 4.78 is 0. The quantitative estimate of drug-likeness (QED) is 0.724. The van der Waals surface area contributed by atoms with E-state index < -0.39 is 0 Å². The van der Waals surface area contributed by atoms with E-state index in [1.807, 2.05) is 26.0 Å². The van der Waals surface area contributed by atoms with Crippen molar-refractivity contribution in [3.63, 3.8) is 0 Å². The summed E-state index contributed by atoms with van der Waals surface area (Å²) in [6, 6.07) is 17.6. The zero-order chi connectivity index (χ0) is 18.5. The number of carbonyl (C=O) groups excluding carboxylic acids is 1. The number of benzene rings is 2. The Hall–Kier alpha value is -3.21. The minimum absolute atomic E-state index is 0.271. The van der Waals surface area contributed by atoms with E-state index in [1.54, 1.807) is 12.1 Å². The van der Waals surface area contributed by atoms with Gasteiger partial charge in [-0.25, -0.2) is 0 Å². The molecule has 0 spiro atoms. The van der Waals surface area contributed by atoms with Gasteiger partial charge in [0.25, 0.3) is 5.91 Å². The van der Waals surface area contributed by atoms with Crippen LogP contribution in [0.15, 0.2) is 54.6 Å². The van der Waals surface area contributed by atoms with Crippen LogP contribution in [0.5, 0.6) is 0 Å². The number of rotatable bonds is 5. The number of carbonyl (C=O) groups is 1. The smallest absolute Gasteiger partial charge is 0.276 e. The zero-order valence-electron chi connectivity index (χ0n) is 15.2. The van der Waals surface area contributed by atoms with E-state index >= 15 is 0 Å². The largest absolute Gasteiger partial charge is 0.365 e. The molecule has 0 fully saturated rings. The molecule has 2 aromatic carbocycles. The van der Waals surface area contributed by atoms with Crippen LogP contribution in [-0.4, -0.2) is 16.1 Å². The van der Waals surface area contributed by atoms with Crippen molar-refractivity contribution in [2.45, 2.75) is 27.3 Å². The molecule has 0 saturated carbocycles. The van der Waals surface area contributed by atoms with E-state index in [4.69, 9.17) is 0 Å². The Bertz CT molecular complexity index is 882. The maximum Gasteiger partial charge on any atom is 0.276 e. The second-order valence-corrected chi connectivity index (χ2v) is 6.47. The van der Waals surface area contributed by atoms with Gasteiger partial charge in [0, 0.05) is 12.2 Å². The van der Waals surface area contributed by atoms with E-state index in [0.717, 1.165) is 22.4 Å². The lowest BCUT2D eigenvalue weighted by Gasteiger charge is -2.08. The van der Waals surface area contributed by atoms with Crippen molar-refractivity contribution in [2.75, 3.05) is 10.6 Å². The number of nitrogens with zero attached hydrogens (tertiary/aromatic N) is 2. The molecule has 26 heavy (non-hydrogen) atoms. The third-order valence-electron chi connectivity index (χ3n) is 3.97. The van der Waals surface area contributed by atoms with Crippen LogP contribution >= 0.6 is 0 Å². The first-order valence-electron chi connectivity index (χ1n) is 8.52. The van der Waals surface area contributed by atoms with Crippen molar-refractivity contribution >= 4 is 17.4 Å². The summed E-state index contributed by atoms with van der Waals surface area (Å²) in [6.45, 7) is 6.71. The number of amides is 1. The van der Waals surface area contributed by atoms with Crippen LogP contribution in [0.3, 0.4) is 0 Å². The molecule has 132 valence electrons. The second-order valence-electron chi connectivity index (χ2n) is 6.47. The topological polar surface area (TPSA) is 66.9 Å². The molecule has 1 heterocycles. The number of hydrogen-bond donors (Lipinski definition) is 2. The minimum Gasteiger partial charge on any atom is -0.365 e. The summed E-state index contributed by atoms with van der Waals surface area (Å²) in [7, 11) is 0. The Labute approximate surface area is 153 Å². The van der Waals surface area contributed by atoms with Crippen molar-refractivity contribution in [2.24, 2.45) is 0 Å². The molecule has 0 aliphatic rings.